The monoisotopic (exact) mass is 287 g/mol. The van der Waals surface area contributed by atoms with Gasteiger partial charge in [-0.2, -0.15) is 0 Å². The lowest BCUT2D eigenvalue weighted by Crippen LogP contribution is -2.40. The molecular formula is C15H17N3O3. The number of aromatic nitrogens is 1. The zero-order valence-corrected chi connectivity index (χ0v) is 12.0. The minimum Gasteiger partial charge on any atom is -0.382 e. The number of hydrogen-bond donors (Lipinski definition) is 1. The van der Waals surface area contributed by atoms with Gasteiger partial charge in [-0.05, 0) is 31.9 Å². The first-order valence-corrected chi connectivity index (χ1v) is 6.92. The van der Waals surface area contributed by atoms with Crippen LogP contribution in [0.4, 0.5) is 11.4 Å². The number of methoxy groups -OCH3 is 1. The second-order valence-corrected chi connectivity index (χ2v) is 5.44. The summed E-state index contributed by atoms with van der Waals surface area (Å²) in [4.78, 5) is 15.0. The van der Waals surface area contributed by atoms with Crippen LogP contribution in [0.5, 0.6) is 0 Å². The molecule has 6 nitrogen and oxygen atoms in total. The summed E-state index contributed by atoms with van der Waals surface area (Å²) in [5, 5.41) is 15.2. The fraction of sp³-hybridized carbons (Fsp3) is 0.400. The van der Waals surface area contributed by atoms with Crippen molar-refractivity contribution in [2.75, 3.05) is 12.4 Å². The van der Waals surface area contributed by atoms with Crippen molar-refractivity contribution in [3.63, 3.8) is 0 Å². The number of benzene rings is 1. The summed E-state index contributed by atoms with van der Waals surface area (Å²) in [5.41, 5.74) is 2.65. The largest absolute Gasteiger partial charge is 0.382 e. The SMILES string of the molecule is COC1CC(Nc2cc(C)nc3ccc([N+](=O)[O-])cc23)C1. The van der Waals surface area contributed by atoms with Crippen molar-refractivity contribution in [1.29, 1.82) is 0 Å². The van der Waals surface area contributed by atoms with Gasteiger partial charge in [0.1, 0.15) is 0 Å². The normalized spacial score (nSPS) is 21.0. The van der Waals surface area contributed by atoms with Crippen LogP contribution >= 0.6 is 0 Å². The number of nitrogens with one attached hydrogen (secondary N) is 1. The molecule has 110 valence electrons. The van der Waals surface area contributed by atoms with Gasteiger partial charge in [0.15, 0.2) is 0 Å². The molecule has 0 saturated heterocycles. The molecule has 1 fully saturated rings. The summed E-state index contributed by atoms with van der Waals surface area (Å²) in [6.45, 7) is 1.92. The van der Waals surface area contributed by atoms with Gasteiger partial charge in [0, 0.05) is 42.1 Å². The lowest BCUT2D eigenvalue weighted by atomic mass is 9.89. The van der Waals surface area contributed by atoms with E-state index in [0.29, 0.717) is 12.1 Å². The fourth-order valence-electron chi connectivity index (χ4n) is 2.67. The number of ether oxygens (including phenoxy) is 1. The summed E-state index contributed by atoms with van der Waals surface area (Å²) < 4.78 is 5.27. The van der Waals surface area contributed by atoms with Gasteiger partial charge in [0.05, 0.1) is 16.5 Å². The number of nitro benzene ring substituents is 1. The van der Waals surface area contributed by atoms with E-state index in [1.807, 2.05) is 13.0 Å². The van der Waals surface area contributed by atoms with Crippen LogP contribution < -0.4 is 5.32 Å². The van der Waals surface area contributed by atoms with Gasteiger partial charge in [-0.1, -0.05) is 0 Å². The topological polar surface area (TPSA) is 77.3 Å². The molecule has 21 heavy (non-hydrogen) atoms. The lowest BCUT2D eigenvalue weighted by molar-refractivity contribution is -0.384. The van der Waals surface area contributed by atoms with Gasteiger partial charge in [-0.3, -0.25) is 15.1 Å². The molecule has 1 saturated carbocycles. The molecule has 1 aliphatic rings. The Morgan fingerprint density at radius 2 is 2.14 bits per heavy atom. The van der Waals surface area contributed by atoms with Crippen LogP contribution in [0.2, 0.25) is 0 Å². The molecule has 0 aliphatic heterocycles. The van der Waals surface area contributed by atoms with Gasteiger partial charge < -0.3 is 10.1 Å². The van der Waals surface area contributed by atoms with Gasteiger partial charge >= 0.3 is 0 Å². The second kappa shape index (κ2) is 5.29. The minimum atomic E-state index is -0.382. The molecule has 1 heterocycles. The van der Waals surface area contributed by atoms with Crippen molar-refractivity contribution in [3.8, 4) is 0 Å². The zero-order chi connectivity index (χ0) is 15.0. The molecule has 1 aliphatic carbocycles. The van der Waals surface area contributed by atoms with Crippen molar-refractivity contribution in [2.45, 2.75) is 31.9 Å². The van der Waals surface area contributed by atoms with Gasteiger partial charge in [-0.25, -0.2) is 0 Å². The van der Waals surface area contributed by atoms with E-state index in [4.69, 9.17) is 4.74 Å². The number of non-ortho nitro benzene ring substituents is 1. The second-order valence-electron chi connectivity index (χ2n) is 5.44. The average molecular weight is 287 g/mol. The maximum Gasteiger partial charge on any atom is 0.270 e. The smallest absolute Gasteiger partial charge is 0.270 e. The Morgan fingerprint density at radius 3 is 2.81 bits per heavy atom. The number of pyridine rings is 1. The predicted octanol–water partition coefficient (Wildman–Crippen LogP) is 3.04. The van der Waals surface area contributed by atoms with Crippen molar-refractivity contribution in [1.82, 2.24) is 4.98 Å². The highest BCUT2D eigenvalue weighted by atomic mass is 16.6. The number of anilines is 1. The van der Waals surface area contributed by atoms with Gasteiger partial charge in [0.25, 0.3) is 5.69 Å². The molecule has 0 spiro atoms. The first-order valence-electron chi connectivity index (χ1n) is 6.92. The number of rotatable bonds is 4. The first kappa shape index (κ1) is 13.8. The number of nitrogens with zero attached hydrogens (tertiary/aromatic N) is 2. The Hall–Kier alpha value is -2.21. The molecule has 0 amide bonds. The third kappa shape index (κ3) is 2.67. The van der Waals surface area contributed by atoms with Crippen molar-refractivity contribution in [2.24, 2.45) is 0 Å². The minimum absolute atomic E-state index is 0.0829. The molecule has 1 N–H and O–H groups in total. The van der Waals surface area contributed by atoms with E-state index in [1.165, 1.54) is 6.07 Å². The quantitative estimate of drug-likeness (QED) is 0.690. The van der Waals surface area contributed by atoms with Crippen LogP contribution in [0, 0.1) is 17.0 Å². The van der Waals surface area contributed by atoms with Crippen LogP contribution in [0.25, 0.3) is 10.9 Å². The third-order valence-electron chi connectivity index (χ3n) is 3.92. The Balaban J connectivity index is 1.95. The van der Waals surface area contributed by atoms with E-state index >= 15 is 0 Å². The van der Waals surface area contributed by atoms with E-state index in [9.17, 15) is 10.1 Å². The standard InChI is InChI=1S/C15H17N3O3/c1-9-5-15(17-10-6-12(7-10)21-2)13-8-11(18(19)20)3-4-14(13)16-9/h3-5,8,10,12H,6-7H2,1-2H3,(H,16,17). The molecule has 0 radical (unpaired) electrons. The van der Waals surface area contributed by atoms with Crippen LogP contribution in [0.3, 0.4) is 0 Å². The number of fused-ring (bicyclic) bond motifs is 1. The summed E-state index contributed by atoms with van der Waals surface area (Å²) in [7, 11) is 1.72. The fourth-order valence-corrected chi connectivity index (χ4v) is 2.67. The molecule has 2 aromatic rings. The van der Waals surface area contributed by atoms with Crippen molar-refractivity contribution >= 4 is 22.3 Å². The summed E-state index contributed by atoms with van der Waals surface area (Å²) in [5.74, 6) is 0. The summed E-state index contributed by atoms with van der Waals surface area (Å²) in [6.07, 6.45) is 2.22. The Bertz CT molecular complexity index is 696. The van der Waals surface area contributed by atoms with Crippen molar-refractivity contribution < 1.29 is 9.66 Å². The third-order valence-corrected chi connectivity index (χ3v) is 3.92. The highest BCUT2D eigenvalue weighted by molar-refractivity contribution is 5.93. The van der Waals surface area contributed by atoms with Crippen LogP contribution in [-0.2, 0) is 4.74 Å². The van der Waals surface area contributed by atoms with Gasteiger partial charge in [0.2, 0.25) is 0 Å². The van der Waals surface area contributed by atoms with Crippen LogP contribution in [0.15, 0.2) is 24.3 Å². The average Bonchev–Trinajstić information content (AvgIpc) is 2.41. The highest BCUT2D eigenvalue weighted by Crippen LogP contribution is 2.31. The predicted molar refractivity (Wildman–Crippen MR) is 80.6 cm³/mol. The van der Waals surface area contributed by atoms with Crippen LogP contribution in [0.1, 0.15) is 18.5 Å². The molecule has 0 atom stereocenters. The summed E-state index contributed by atoms with van der Waals surface area (Å²) >= 11 is 0. The Kier molecular flexibility index (Phi) is 3.47. The maximum absolute atomic E-state index is 10.9. The first-order chi connectivity index (χ1) is 10.1. The molecule has 1 aromatic heterocycles. The number of nitro groups is 1. The van der Waals surface area contributed by atoms with Crippen molar-refractivity contribution in [3.05, 3.63) is 40.1 Å². The maximum atomic E-state index is 10.9. The van der Waals surface area contributed by atoms with E-state index < -0.39 is 0 Å². The molecular weight excluding hydrogens is 270 g/mol. The molecule has 0 unspecified atom stereocenters. The highest BCUT2D eigenvalue weighted by Gasteiger charge is 2.29. The summed E-state index contributed by atoms with van der Waals surface area (Å²) in [6, 6.07) is 7.05. The molecule has 1 aromatic carbocycles. The Labute approximate surface area is 122 Å². The van der Waals surface area contributed by atoms with E-state index in [2.05, 4.69) is 10.3 Å². The molecule has 3 rings (SSSR count). The van der Waals surface area contributed by atoms with Gasteiger partial charge in [-0.15, -0.1) is 0 Å². The molecule has 0 bridgehead atoms. The zero-order valence-electron chi connectivity index (χ0n) is 12.0. The number of hydrogen-bond acceptors (Lipinski definition) is 5. The van der Waals surface area contributed by atoms with E-state index in [0.717, 1.165) is 35.1 Å². The van der Waals surface area contributed by atoms with Crippen LogP contribution in [-0.4, -0.2) is 29.2 Å². The number of aryl methyl sites for hydroxylation is 1. The van der Waals surface area contributed by atoms with E-state index in [1.54, 1.807) is 19.2 Å². The lowest BCUT2D eigenvalue weighted by Gasteiger charge is -2.35. The molecule has 6 heteroatoms. The Morgan fingerprint density at radius 1 is 1.38 bits per heavy atom. The van der Waals surface area contributed by atoms with E-state index in [-0.39, 0.29) is 10.6 Å².